The van der Waals surface area contributed by atoms with E-state index in [-0.39, 0.29) is 5.78 Å². The van der Waals surface area contributed by atoms with Crippen LogP contribution in [0.1, 0.15) is 46.7 Å². The quantitative estimate of drug-likeness (QED) is 0.685. The summed E-state index contributed by atoms with van der Waals surface area (Å²) in [5.74, 6) is 0.545. The monoisotopic (exact) mass is 304 g/mol. The molecule has 20 heavy (non-hydrogen) atoms. The van der Waals surface area contributed by atoms with Crippen LogP contribution in [0.2, 0.25) is 10.0 Å². The van der Waals surface area contributed by atoms with E-state index in [0.29, 0.717) is 27.1 Å². The van der Waals surface area contributed by atoms with Gasteiger partial charge in [-0.3, -0.25) is 4.79 Å². The molecule has 0 heterocycles. The molecule has 1 aliphatic rings. The molecule has 0 spiro atoms. The third kappa shape index (κ3) is 2.48. The van der Waals surface area contributed by atoms with Crippen molar-refractivity contribution >= 4 is 29.0 Å². The van der Waals surface area contributed by atoms with Crippen LogP contribution >= 0.6 is 23.2 Å². The van der Waals surface area contributed by atoms with Gasteiger partial charge in [-0.2, -0.15) is 0 Å². The number of benzene rings is 2. The lowest BCUT2D eigenvalue weighted by Gasteiger charge is -2.25. The van der Waals surface area contributed by atoms with Crippen LogP contribution in [0.3, 0.4) is 0 Å². The molecule has 1 aliphatic carbocycles. The van der Waals surface area contributed by atoms with E-state index >= 15 is 0 Å². The SMILES string of the molecule is O=C(c1ccc(C2CCC2)cc1)c1c(Cl)cccc1Cl. The molecular formula is C17H14Cl2O. The zero-order chi connectivity index (χ0) is 14.1. The highest BCUT2D eigenvalue weighted by Crippen LogP contribution is 2.36. The van der Waals surface area contributed by atoms with Crippen molar-refractivity contribution in [2.75, 3.05) is 0 Å². The Morgan fingerprint density at radius 2 is 1.55 bits per heavy atom. The van der Waals surface area contributed by atoms with Crippen LogP contribution in [-0.4, -0.2) is 5.78 Å². The van der Waals surface area contributed by atoms with Crippen molar-refractivity contribution in [3.8, 4) is 0 Å². The lowest BCUT2D eigenvalue weighted by atomic mass is 9.80. The van der Waals surface area contributed by atoms with E-state index in [0.717, 1.165) is 0 Å². The average Bonchev–Trinajstić information content (AvgIpc) is 2.37. The Morgan fingerprint density at radius 3 is 2.05 bits per heavy atom. The van der Waals surface area contributed by atoms with Gasteiger partial charge < -0.3 is 0 Å². The summed E-state index contributed by atoms with van der Waals surface area (Å²) in [6, 6.07) is 12.9. The number of carbonyl (C=O) groups is 1. The van der Waals surface area contributed by atoms with E-state index < -0.39 is 0 Å². The van der Waals surface area contributed by atoms with Gasteiger partial charge in [-0.1, -0.05) is 60.0 Å². The van der Waals surface area contributed by atoms with Gasteiger partial charge in [0.25, 0.3) is 0 Å². The van der Waals surface area contributed by atoms with Crippen molar-refractivity contribution < 1.29 is 4.79 Å². The summed E-state index contributed by atoms with van der Waals surface area (Å²) in [5.41, 5.74) is 2.33. The van der Waals surface area contributed by atoms with Crippen LogP contribution in [0.15, 0.2) is 42.5 Å². The molecular weight excluding hydrogens is 291 g/mol. The summed E-state index contributed by atoms with van der Waals surface area (Å²) in [5, 5.41) is 0.788. The van der Waals surface area contributed by atoms with Gasteiger partial charge in [-0.25, -0.2) is 0 Å². The van der Waals surface area contributed by atoms with Crippen molar-refractivity contribution in [3.05, 3.63) is 69.2 Å². The van der Waals surface area contributed by atoms with Gasteiger partial charge in [-0.05, 0) is 36.5 Å². The maximum atomic E-state index is 12.5. The predicted octanol–water partition coefficient (Wildman–Crippen LogP) is 5.49. The highest BCUT2D eigenvalue weighted by Gasteiger charge is 2.20. The van der Waals surface area contributed by atoms with Crippen molar-refractivity contribution in [1.29, 1.82) is 0 Å². The summed E-state index contributed by atoms with van der Waals surface area (Å²) in [4.78, 5) is 12.5. The zero-order valence-electron chi connectivity index (χ0n) is 10.9. The number of carbonyl (C=O) groups excluding carboxylic acids is 1. The minimum atomic E-state index is -0.124. The Balaban J connectivity index is 1.90. The lowest BCUT2D eigenvalue weighted by molar-refractivity contribution is 0.103. The molecule has 0 aliphatic heterocycles. The molecule has 2 aromatic rings. The summed E-state index contributed by atoms with van der Waals surface area (Å²) in [6.07, 6.45) is 3.81. The summed E-state index contributed by atoms with van der Waals surface area (Å²) >= 11 is 12.2. The normalized spacial score (nSPS) is 14.9. The topological polar surface area (TPSA) is 17.1 Å². The molecule has 1 nitrogen and oxygen atoms in total. The first-order valence-electron chi connectivity index (χ1n) is 6.75. The molecule has 0 atom stereocenters. The zero-order valence-corrected chi connectivity index (χ0v) is 12.4. The highest BCUT2D eigenvalue weighted by molar-refractivity contribution is 6.41. The maximum Gasteiger partial charge on any atom is 0.196 e. The molecule has 3 rings (SSSR count). The Kier molecular flexibility index (Phi) is 3.82. The van der Waals surface area contributed by atoms with Gasteiger partial charge in [0.2, 0.25) is 0 Å². The Bertz CT molecular complexity index is 622. The summed E-state index contributed by atoms with van der Waals surface area (Å²) in [7, 11) is 0. The smallest absolute Gasteiger partial charge is 0.196 e. The maximum absolute atomic E-state index is 12.5. The summed E-state index contributed by atoms with van der Waals surface area (Å²) in [6.45, 7) is 0. The predicted molar refractivity (Wildman–Crippen MR) is 82.9 cm³/mol. The fraction of sp³-hybridized carbons (Fsp3) is 0.235. The molecule has 0 saturated heterocycles. The molecule has 3 heteroatoms. The summed E-state index contributed by atoms with van der Waals surface area (Å²) < 4.78 is 0. The molecule has 2 aromatic carbocycles. The van der Waals surface area contributed by atoms with E-state index in [1.54, 1.807) is 18.2 Å². The second-order valence-electron chi connectivity index (χ2n) is 5.18. The molecule has 1 saturated carbocycles. The lowest BCUT2D eigenvalue weighted by Crippen LogP contribution is -2.09. The average molecular weight is 305 g/mol. The second kappa shape index (κ2) is 5.59. The van der Waals surface area contributed by atoms with Gasteiger partial charge >= 0.3 is 0 Å². The number of ketones is 1. The Hall–Kier alpha value is -1.31. The Morgan fingerprint density at radius 1 is 0.950 bits per heavy atom. The molecule has 0 unspecified atom stereocenters. The van der Waals surface area contributed by atoms with E-state index in [2.05, 4.69) is 0 Å². The molecule has 0 aromatic heterocycles. The van der Waals surface area contributed by atoms with E-state index in [4.69, 9.17) is 23.2 Å². The number of hydrogen-bond donors (Lipinski definition) is 0. The fourth-order valence-corrected chi connectivity index (χ4v) is 3.08. The number of rotatable bonds is 3. The standard InChI is InChI=1S/C17H14Cl2O/c18-14-5-2-6-15(19)16(14)17(20)13-9-7-12(8-10-13)11-3-1-4-11/h2,5-11H,1,3-4H2. The van der Waals surface area contributed by atoms with Crippen LogP contribution in [0.5, 0.6) is 0 Å². The minimum Gasteiger partial charge on any atom is -0.288 e. The molecule has 0 radical (unpaired) electrons. The number of halogens is 2. The van der Waals surface area contributed by atoms with Gasteiger partial charge in [-0.15, -0.1) is 0 Å². The van der Waals surface area contributed by atoms with Crippen LogP contribution in [0, 0.1) is 0 Å². The molecule has 1 fully saturated rings. The molecule has 102 valence electrons. The minimum absolute atomic E-state index is 0.124. The third-order valence-electron chi connectivity index (χ3n) is 3.94. The van der Waals surface area contributed by atoms with Crippen LogP contribution in [0.4, 0.5) is 0 Å². The van der Waals surface area contributed by atoms with E-state index in [9.17, 15) is 4.79 Å². The van der Waals surface area contributed by atoms with Crippen molar-refractivity contribution in [3.63, 3.8) is 0 Å². The van der Waals surface area contributed by atoms with Gasteiger partial charge in [0.15, 0.2) is 5.78 Å². The van der Waals surface area contributed by atoms with Crippen molar-refractivity contribution in [2.24, 2.45) is 0 Å². The van der Waals surface area contributed by atoms with Gasteiger partial charge in [0.1, 0.15) is 0 Å². The van der Waals surface area contributed by atoms with Crippen LogP contribution < -0.4 is 0 Å². The molecule has 0 N–H and O–H groups in total. The first-order chi connectivity index (χ1) is 9.66. The molecule has 0 amide bonds. The first kappa shape index (κ1) is 13.7. The second-order valence-corrected chi connectivity index (χ2v) is 5.99. The van der Waals surface area contributed by atoms with Crippen molar-refractivity contribution in [2.45, 2.75) is 25.2 Å². The van der Waals surface area contributed by atoms with Crippen LogP contribution in [0.25, 0.3) is 0 Å². The van der Waals surface area contributed by atoms with Gasteiger partial charge in [0.05, 0.1) is 15.6 Å². The first-order valence-corrected chi connectivity index (χ1v) is 7.51. The van der Waals surface area contributed by atoms with Crippen LogP contribution in [-0.2, 0) is 0 Å². The fourth-order valence-electron chi connectivity index (χ4n) is 2.51. The van der Waals surface area contributed by atoms with E-state index in [1.165, 1.54) is 24.8 Å². The highest BCUT2D eigenvalue weighted by atomic mass is 35.5. The van der Waals surface area contributed by atoms with E-state index in [1.807, 2.05) is 24.3 Å². The molecule has 0 bridgehead atoms. The number of hydrogen-bond acceptors (Lipinski definition) is 1. The third-order valence-corrected chi connectivity index (χ3v) is 4.57. The largest absolute Gasteiger partial charge is 0.288 e. The van der Waals surface area contributed by atoms with Gasteiger partial charge in [0, 0.05) is 5.56 Å². The Labute approximate surface area is 128 Å². The van der Waals surface area contributed by atoms with Crippen molar-refractivity contribution in [1.82, 2.24) is 0 Å².